The van der Waals surface area contributed by atoms with E-state index in [0.29, 0.717) is 24.5 Å². The van der Waals surface area contributed by atoms with Gasteiger partial charge in [-0.15, -0.1) is 0 Å². The van der Waals surface area contributed by atoms with Crippen LogP contribution in [-0.2, 0) is 16.0 Å². The molecule has 0 atom stereocenters. The van der Waals surface area contributed by atoms with Gasteiger partial charge in [0.15, 0.2) is 0 Å². The second kappa shape index (κ2) is 10.1. The molecule has 0 bridgehead atoms. The Labute approximate surface area is 211 Å². The minimum Gasteiger partial charge on any atom is -0.363 e. The average molecular weight is 486 g/mol. The van der Waals surface area contributed by atoms with E-state index in [9.17, 15) is 9.59 Å². The number of rotatable bonds is 6. The third kappa shape index (κ3) is 4.49. The van der Waals surface area contributed by atoms with Crippen LogP contribution in [0.5, 0.6) is 0 Å². The van der Waals surface area contributed by atoms with Crippen LogP contribution in [0.2, 0.25) is 0 Å². The summed E-state index contributed by atoms with van der Waals surface area (Å²) in [6.45, 7) is 4.79. The van der Waals surface area contributed by atoms with Crippen molar-refractivity contribution in [3.8, 4) is 0 Å². The van der Waals surface area contributed by atoms with Crippen molar-refractivity contribution in [2.45, 2.75) is 19.4 Å². The number of carbonyl (C=O) groups is 2. The van der Waals surface area contributed by atoms with Crippen LogP contribution in [0.25, 0.3) is 0 Å². The number of piperazine rings is 1. The summed E-state index contributed by atoms with van der Waals surface area (Å²) < 4.78 is 0. The second-order valence-corrected chi connectivity index (χ2v) is 9.25. The van der Waals surface area contributed by atoms with E-state index in [0.717, 1.165) is 25.1 Å². The molecule has 178 valence electrons. The fraction of sp³-hybridized carbons (Fsp3) is 0.241. The molecule has 0 N–H and O–H groups in total. The van der Waals surface area contributed by atoms with Crippen molar-refractivity contribution in [2.24, 2.45) is 0 Å². The SMILES string of the molecule is CCc1ccc(N2C(=O)C(Cl)=C(N3CCN(C(c4ccccc4)c4ccccc4)CC3)C2=O)cc1. The summed E-state index contributed by atoms with van der Waals surface area (Å²) in [6, 6.07) is 28.6. The first-order valence-electron chi connectivity index (χ1n) is 12.0. The van der Waals surface area contributed by atoms with E-state index < -0.39 is 5.91 Å². The average Bonchev–Trinajstić information content (AvgIpc) is 3.13. The molecule has 0 radical (unpaired) electrons. The normalized spacial score (nSPS) is 17.1. The van der Waals surface area contributed by atoms with Crippen molar-refractivity contribution in [1.29, 1.82) is 0 Å². The highest BCUT2D eigenvalue weighted by molar-refractivity contribution is 6.52. The Kier molecular flexibility index (Phi) is 6.71. The number of nitrogens with zero attached hydrogens (tertiary/aromatic N) is 3. The van der Waals surface area contributed by atoms with E-state index in [4.69, 9.17) is 11.6 Å². The van der Waals surface area contributed by atoms with Crippen LogP contribution in [-0.4, -0.2) is 47.8 Å². The van der Waals surface area contributed by atoms with Crippen molar-refractivity contribution < 1.29 is 9.59 Å². The number of benzene rings is 3. The monoisotopic (exact) mass is 485 g/mol. The van der Waals surface area contributed by atoms with Crippen LogP contribution in [0, 0.1) is 0 Å². The van der Waals surface area contributed by atoms with E-state index in [-0.39, 0.29) is 17.0 Å². The Morgan fingerprint density at radius 3 is 1.80 bits per heavy atom. The van der Waals surface area contributed by atoms with Crippen molar-refractivity contribution in [3.63, 3.8) is 0 Å². The van der Waals surface area contributed by atoms with Crippen LogP contribution in [0.15, 0.2) is 95.7 Å². The number of halogens is 1. The summed E-state index contributed by atoms with van der Waals surface area (Å²) >= 11 is 6.46. The van der Waals surface area contributed by atoms with E-state index >= 15 is 0 Å². The molecule has 5 nitrogen and oxygen atoms in total. The molecule has 3 aromatic carbocycles. The van der Waals surface area contributed by atoms with Gasteiger partial charge in [-0.1, -0.05) is 91.3 Å². The fourth-order valence-electron chi connectivity index (χ4n) is 4.97. The number of carbonyl (C=O) groups excluding carboxylic acids is 2. The summed E-state index contributed by atoms with van der Waals surface area (Å²) in [5, 5.41) is 0.00527. The van der Waals surface area contributed by atoms with Gasteiger partial charge in [0.1, 0.15) is 10.7 Å². The first-order valence-corrected chi connectivity index (χ1v) is 12.4. The van der Waals surface area contributed by atoms with E-state index in [1.165, 1.54) is 16.0 Å². The lowest BCUT2D eigenvalue weighted by molar-refractivity contribution is -0.121. The van der Waals surface area contributed by atoms with Gasteiger partial charge in [0.2, 0.25) is 0 Å². The molecule has 0 saturated carbocycles. The van der Waals surface area contributed by atoms with Gasteiger partial charge in [-0.05, 0) is 35.2 Å². The second-order valence-electron chi connectivity index (χ2n) is 8.88. The van der Waals surface area contributed by atoms with Gasteiger partial charge in [0, 0.05) is 26.2 Å². The van der Waals surface area contributed by atoms with Gasteiger partial charge in [-0.3, -0.25) is 14.5 Å². The Hall–Kier alpha value is -3.41. The van der Waals surface area contributed by atoms with E-state index in [2.05, 4.69) is 60.4 Å². The third-order valence-corrected chi connectivity index (χ3v) is 7.17. The molecular weight excluding hydrogens is 458 g/mol. The lowest BCUT2D eigenvalue weighted by atomic mass is 9.96. The fourth-order valence-corrected chi connectivity index (χ4v) is 5.25. The van der Waals surface area contributed by atoms with Crippen LogP contribution in [0.1, 0.15) is 29.7 Å². The molecule has 1 saturated heterocycles. The van der Waals surface area contributed by atoms with Gasteiger partial charge < -0.3 is 4.90 Å². The predicted octanol–water partition coefficient (Wildman–Crippen LogP) is 4.98. The summed E-state index contributed by atoms with van der Waals surface area (Å²) in [7, 11) is 0. The molecule has 5 rings (SSSR count). The quantitative estimate of drug-likeness (QED) is 0.462. The van der Waals surface area contributed by atoms with Crippen molar-refractivity contribution >= 4 is 29.1 Å². The van der Waals surface area contributed by atoms with E-state index in [1.807, 2.05) is 41.3 Å². The van der Waals surface area contributed by atoms with Crippen molar-refractivity contribution in [2.75, 3.05) is 31.1 Å². The van der Waals surface area contributed by atoms with Crippen LogP contribution in [0.4, 0.5) is 5.69 Å². The van der Waals surface area contributed by atoms with Crippen LogP contribution in [0.3, 0.4) is 0 Å². The molecule has 2 aliphatic rings. The topological polar surface area (TPSA) is 43.9 Å². The Morgan fingerprint density at radius 1 is 0.743 bits per heavy atom. The highest BCUT2D eigenvalue weighted by Crippen LogP contribution is 2.34. The third-order valence-electron chi connectivity index (χ3n) is 6.83. The molecular formula is C29H28ClN3O2. The lowest BCUT2D eigenvalue weighted by Crippen LogP contribution is -2.48. The summed E-state index contributed by atoms with van der Waals surface area (Å²) in [4.78, 5) is 31.9. The molecule has 0 aromatic heterocycles. The van der Waals surface area contributed by atoms with Gasteiger partial charge >= 0.3 is 0 Å². The Morgan fingerprint density at radius 2 is 1.29 bits per heavy atom. The van der Waals surface area contributed by atoms with Crippen LogP contribution < -0.4 is 4.90 Å². The zero-order valence-electron chi connectivity index (χ0n) is 19.7. The molecule has 2 heterocycles. The molecule has 0 unspecified atom stereocenters. The number of aryl methyl sites for hydroxylation is 1. The maximum Gasteiger partial charge on any atom is 0.283 e. The lowest BCUT2D eigenvalue weighted by Gasteiger charge is -2.40. The number of anilines is 1. The van der Waals surface area contributed by atoms with E-state index in [1.54, 1.807) is 0 Å². The molecule has 0 spiro atoms. The van der Waals surface area contributed by atoms with Gasteiger partial charge in [-0.2, -0.15) is 0 Å². The number of hydrogen-bond acceptors (Lipinski definition) is 4. The zero-order chi connectivity index (χ0) is 24.4. The Bertz CT molecular complexity index is 1190. The first-order chi connectivity index (χ1) is 17.1. The molecule has 0 aliphatic carbocycles. The highest BCUT2D eigenvalue weighted by atomic mass is 35.5. The molecule has 2 aliphatic heterocycles. The number of amides is 2. The zero-order valence-corrected chi connectivity index (χ0v) is 20.5. The van der Waals surface area contributed by atoms with Crippen molar-refractivity contribution in [3.05, 3.63) is 112 Å². The predicted molar refractivity (Wildman–Crippen MR) is 139 cm³/mol. The summed E-state index contributed by atoms with van der Waals surface area (Å²) in [5.74, 6) is -0.801. The maximum absolute atomic E-state index is 13.3. The van der Waals surface area contributed by atoms with Gasteiger partial charge in [0.05, 0.1) is 11.7 Å². The minimum atomic E-state index is -0.454. The smallest absolute Gasteiger partial charge is 0.283 e. The molecule has 3 aromatic rings. The number of hydrogen-bond donors (Lipinski definition) is 0. The standard InChI is InChI=1S/C29H28ClN3O2/c1-2-21-13-15-24(16-14-21)33-28(34)25(30)27(29(33)35)32-19-17-31(18-20-32)26(22-9-5-3-6-10-22)23-11-7-4-8-12-23/h3-16,26H,2,17-20H2,1H3. The molecule has 1 fully saturated rings. The van der Waals surface area contributed by atoms with Crippen molar-refractivity contribution in [1.82, 2.24) is 9.80 Å². The molecule has 6 heteroatoms. The Balaban J connectivity index is 1.34. The minimum absolute atomic E-state index is 0.00527. The number of imide groups is 1. The summed E-state index contributed by atoms with van der Waals surface area (Å²) in [6.07, 6.45) is 0.893. The first kappa shape index (κ1) is 23.3. The maximum atomic E-state index is 13.3. The van der Waals surface area contributed by atoms with Gasteiger partial charge in [0.25, 0.3) is 11.8 Å². The molecule has 35 heavy (non-hydrogen) atoms. The largest absolute Gasteiger partial charge is 0.363 e. The molecule has 2 amide bonds. The van der Waals surface area contributed by atoms with Gasteiger partial charge in [-0.25, -0.2) is 4.90 Å². The summed E-state index contributed by atoms with van der Waals surface area (Å²) in [5.41, 5.74) is 4.48. The van der Waals surface area contributed by atoms with Crippen LogP contribution >= 0.6 is 11.6 Å². The highest BCUT2D eigenvalue weighted by Gasteiger charge is 2.42.